The van der Waals surface area contributed by atoms with E-state index in [-0.39, 0.29) is 6.42 Å². The first-order chi connectivity index (χ1) is 9.36. The Morgan fingerprint density at radius 1 is 1.15 bits per heavy atom. The van der Waals surface area contributed by atoms with Crippen LogP contribution in [0.25, 0.3) is 0 Å². The molecule has 110 valence electrons. The molecule has 0 saturated heterocycles. The van der Waals surface area contributed by atoms with Gasteiger partial charge in [0.05, 0.1) is 12.2 Å². The van der Waals surface area contributed by atoms with Gasteiger partial charge < -0.3 is 25.5 Å². The Bertz CT molecular complexity index is 476. The molecule has 0 unspecified atom stereocenters. The molecule has 2 rings (SSSR count). The third-order valence-corrected chi connectivity index (χ3v) is 3.96. The maximum absolute atomic E-state index is 11.3. The van der Waals surface area contributed by atoms with Crippen molar-refractivity contribution in [3.8, 4) is 0 Å². The van der Waals surface area contributed by atoms with Crippen LogP contribution in [-0.2, 0) is 11.2 Å². The van der Waals surface area contributed by atoms with Crippen molar-refractivity contribution in [2.75, 3.05) is 0 Å². The highest BCUT2D eigenvalue weighted by Gasteiger charge is 2.55. The van der Waals surface area contributed by atoms with Gasteiger partial charge in [0.15, 0.2) is 5.60 Å². The summed E-state index contributed by atoms with van der Waals surface area (Å²) in [4.78, 5) is 11.3. The Morgan fingerprint density at radius 2 is 1.75 bits per heavy atom. The summed E-state index contributed by atoms with van der Waals surface area (Å²) in [5.41, 5.74) is -1.53. The van der Waals surface area contributed by atoms with Crippen molar-refractivity contribution in [3.05, 3.63) is 35.9 Å². The van der Waals surface area contributed by atoms with Crippen LogP contribution in [0.1, 0.15) is 12.0 Å². The third-order valence-electron chi connectivity index (χ3n) is 3.96. The number of hydrogen-bond acceptors (Lipinski definition) is 5. The summed E-state index contributed by atoms with van der Waals surface area (Å²) in [6, 6.07) is 8.80. The molecule has 1 saturated carbocycles. The molecular formula is C14H18O6. The van der Waals surface area contributed by atoms with Crippen LogP contribution >= 0.6 is 0 Å². The number of carboxylic acids is 1. The lowest BCUT2D eigenvalue weighted by Gasteiger charge is -2.44. The number of carbonyl (C=O) groups is 1. The van der Waals surface area contributed by atoms with Crippen LogP contribution < -0.4 is 0 Å². The smallest absolute Gasteiger partial charge is 0.336 e. The number of aliphatic hydroxyl groups excluding tert-OH is 3. The molecule has 1 aromatic carbocycles. The van der Waals surface area contributed by atoms with Crippen molar-refractivity contribution in [2.24, 2.45) is 5.92 Å². The van der Waals surface area contributed by atoms with E-state index >= 15 is 0 Å². The van der Waals surface area contributed by atoms with Crippen LogP contribution in [0.15, 0.2) is 30.3 Å². The fourth-order valence-corrected chi connectivity index (χ4v) is 2.74. The standard InChI is InChI=1S/C14H18O6/c15-10-7-14(20,13(18)19)9(11(16)12(10)17)6-8-4-2-1-3-5-8/h1-5,9-12,15-17,20H,6-7H2,(H,18,19)/t9-,10+,11+,12-,14-/m0/s1. The molecule has 5 atom stereocenters. The summed E-state index contributed by atoms with van der Waals surface area (Å²) in [6.45, 7) is 0. The first-order valence-electron chi connectivity index (χ1n) is 6.40. The lowest BCUT2D eigenvalue weighted by Crippen LogP contribution is -2.63. The average Bonchev–Trinajstić information content (AvgIpc) is 2.42. The van der Waals surface area contributed by atoms with Gasteiger partial charge in [-0.05, 0) is 12.0 Å². The van der Waals surface area contributed by atoms with E-state index in [1.807, 2.05) is 0 Å². The molecule has 6 heteroatoms. The number of hydrogen-bond donors (Lipinski definition) is 5. The predicted molar refractivity (Wildman–Crippen MR) is 68.9 cm³/mol. The highest BCUT2D eigenvalue weighted by molar-refractivity contribution is 5.78. The summed E-state index contributed by atoms with van der Waals surface area (Å²) >= 11 is 0. The van der Waals surface area contributed by atoms with Crippen molar-refractivity contribution in [1.29, 1.82) is 0 Å². The summed E-state index contributed by atoms with van der Waals surface area (Å²) in [5.74, 6) is -2.61. The highest BCUT2D eigenvalue weighted by Crippen LogP contribution is 2.37. The van der Waals surface area contributed by atoms with Crippen molar-refractivity contribution >= 4 is 5.97 Å². The van der Waals surface area contributed by atoms with Gasteiger partial charge in [-0.1, -0.05) is 30.3 Å². The van der Waals surface area contributed by atoms with Gasteiger partial charge in [-0.15, -0.1) is 0 Å². The second-order valence-electron chi connectivity index (χ2n) is 5.28. The van der Waals surface area contributed by atoms with E-state index in [2.05, 4.69) is 0 Å². The number of benzene rings is 1. The zero-order valence-electron chi connectivity index (χ0n) is 10.8. The van der Waals surface area contributed by atoms with Crippen molar-refractivity contribution < 1.29 is 30.3 Å². The zero-order chi connectivity index (χ0) is 14.9. The number of carboxylic acid groups (broad SMARTS) is 1. The summed E-state index contributed by atoms with van der Waals surface area (Å²) in [7, 11) is 0. The van der Waals surface area contributed by atoms with Gasteiger partial charge in [-0.25, -0.2) is 4.79 Å². The SMILES string of the molecule is O=C(O)[C@]1(O)C[C@@H](O)[C@H](O)[C@H](O)[C@@H]1Cc1ccccc1. The monoisotopic (exact) mass is 282 g/mol. The molecule has 1 aliphatic carbocycles. The molecule has 0 radical (unpaired) electrons. The molecule has 1 aromatic rings. The van der Waals surface area contributed by atoms with Crippen molar-refractivity contribution in [2.45, 2.75) is 36.8 Å². The lowest BCUT2D eigenvalue weighted by atomic mass is 9.68. The number of aliphatic hydroxyl groups is 4. The van der Waals surface area contributed by atoms with Crippen LogP contribution in [0.2, 0.25) is 0 Å². The van der Waals surface area contributed by atoms with E-state index in [4.69, 9.17) is 0 Å². The summed E-state index contributed by atoms with van der Waals surface area (Å²) in [5, 5.41) is 48.8. The fourth-order valence-electron chi connectivity index (χ4n) is 2.74. The minimum absolute atomic E-state index is 0.0919. The lowest BCUT2D eigenvalue weighted by molar-refractivity contribution is -0.209. The van der Waals surface area contributed by atoms with Gasteiger partial charge in [0.1, 0.15) is 6.10 Å². The Hall–Kier alpha value is -1.47. The number of aliphatic carboxylic acids is 1. The van der Waals surface area contributed by atoms with Crippen LogP contribution in [0.5, 0.6) is 0 Å². The molecule has 0 aliphatic heterocycles. The van der Waals surface area contributed by atoms with E-state index in [0.717, 1.165) is 5.56 Å². The quantitative estimate of drug-likeness (QED) is 0.493. The first kappa shape index (κ1) is 14.9. The fraction of sp³-hybridized carbons (Fsp3) is 0.500. The molecule has 0 bridgehead atoms. The molecule has 0 amide bonds. The van der Waals surface area contributed by atoms with Gasteiger partial charge in [0.2, 0.25) is 0 Å². The Labute approximate surface area is 115 Å². The van der Waals surface area contributed by atoms with E-state index in [9.17, 15) is 30.3 Å². The average molecular weight is 282 g/mol. The highest BCUT2D eigenvalue weighted by atomic mass is 16.4. The minimum atomic E-state index is -2.27. The van der Waals surface area contributed by atoms with Crippen LogP contribution in [-0.4, -0.2) is 55.4 Å². The molecule has 0 aromatic heterocycles. The van der Waals surface area contributed by atoms with Crippen molar-refractivity contribution in [1.82, 2.24) is 0 Å². The van der Waals surface area contributed by atoms with E-state index in [0.29, 0.717) is 0 Å². The van der Waals surface area contributed by atoms with Crippen LogP contribution in [0.4, 0.5) is 0 Å². The first-order valence-corrected chi connectivity index (χ1v) is 6.40. The Morgan fingerprint density at radius 3 is 2.30 bits per heavy atom. The maximum atomic E-state index is 11.3. The molecule has 0 spiro atoms. The molecule has 20 heavy (non-hydrogen) atoms. The third kappa shape index (κ3) is 2.55. The predicted octanol–water partition coefficient (Wildman–Crippen LogP) is -0.853. The maximum Gasteiger partial charge on any atom is 0.336 e. The molecule has 1 fully saturated rings. The molecule has 0 heterocycles. The van der Waals surface area contributed by atoms with Crippen LogP contribution in [0, 0.1) is 5.92 Å². The van der Waals surface area contributed by atoms with Crippen molar-refractivity contribution in [3.63, 3.8) is 0 Å². The van der Waals surface area contributed by atoms with Gasteiger partial charge in [0, 0.05) is 12.3 Å². The van der Waals surface area contributed by atoms with Gasteiger partial charge >= 0.3 is 5.97 Å². The second kappa shape index (κ2) is 5.49. The van der Waals surface area contributed by atoms with Gasteiger partial charge in [0.25, 0.3) is 0 Å². The Kier molecular flexibility index (Phi) is 4.10. The number of rotatable bonds is 3. The molecule has 5 N–H and O–H groups in total. The molecule has 1 aliphatic rings. The minimum Gasteiger partial charge on any atom is -0.479 e. The Balaban J connectivity index is 2.32. The van der Waals surface area contributed by atoms with Gasteiger partial charge in [-0.2, -0.15) is 0 Å². The molecular weight excluding hydrogens is 264 g/mol. The van der Waals surface area contributed by atoms with Crippen LogP contribution in [0.3, 0.4) is 0 Å². The van der Waals surface area contributed by atoms with E-state index in [1.54, 1.807) is 30.3 Å². The van der Waals surface area contributed by atoms with Gasteiger partial charge in [-0.3, -0.25) is 0 Å². The summed E-state index contributed by atoms with van der Waals surface area (Å²) < 4.78 is 0. The van der Waals surface area contributed by atoms with E-state index in [1.165, 1.54) is 0 Å². The zero-order valence-corrected chi connectivity index (χ0v) is 10.8. The second-order valence-corrected chi connectivity index (χ2v) is 5.28. The van der Waals surface area contributed by atoms with E-state index < -0.39 is 42.2 Å². The summed E-state index contributed by atoms with van der Waals surface area (Å²) in [6.07, 6.45) is -4.88. The largest absolute Gasteiger partial charge is 0.479 e. The molecule has 6 nitrogen and oxygen atoms in total. The normalized spacial score (nSPS) is 37.6. The topological polar surface area (TPSA) is 118 Å².